The van der Waals surface area contributed by atoms with Crippen LogP contribution in [-0.2, 0) is 4.79 Å². The van der Waals surface area contributed by atoms with Crippen molar-refractivity contribution in [3.05, 3.63) is 76.3 Å². The number of benzene rings is 2. The molecule has 150 valence electrons. The van der Waals surface area contributed by atoms with Crippen molar-refractivity contribution in [2.75, 3.05) is 0 Å². The zero-order valence-corrected chi connectivity index (χ0v) is 16.1. The van der Waals surface area contributed by atoms with Crippen LogP contribution in [0.4, 0.5) is 4.39 Å². The first-order valence-electron chi connectivity index (χ1n) is 9.29. The molecule has 0 aliphatic rings. The van der Waals surface area contributed by atoms with Crippen molar-refractivity contribution in [1.82, 2.24) is 4.57 Å². The zero-order chi connectivity index (χ0) is 21.1. The van der Waals surface area contributed by atoms with E-state index in [0.29, 0.717) is 27.6 Å². The molecule has 1 N–H and O–H groups in total. The Morgan fingerprint density at radius 1 is 1.14 bits per heavy atom. The number of fused-ring (bicyclic) bond motifs is 1. The number of aliphatic hydroxyl groups excluding tert-OH is 1. The second-order valence-corrected chi connectivity index (χ2v) is 7.09. The van der Waals surface area contributed by atoms with Gasteiger partial charge in [0.05, 0.1) is 11.8 Å². The lowest BCUT2D eigenvalue weighted by Gasteiger charge is -2.21. The molecule has 1 aromatic heterocycles. The van der Waals surface area contributed by atoms with Crippen LogP contribution in [0, 0.1) is 5.82 Å². The Labute approximate surface area is 167 Å². The minimum absolute atomic E-state index is 0.178. The summed E-state index contributed by atoms with van der Waals surface area (Å²) in [6.07, 6.45) is 1.19. The van der Waals surface area contributed by atoms with Crippen LogP contribution >= 0.6 is 0 Å². The average Bonchev–Trinajstić information content (AvgIpc) is 2.67. The highest BCUT2D eigenvalue weighted by molar-refractivity contribution is 5.95. The maximum Gasteiger partial charge on any atom is 0.259 e. The summed E-state index contributed by atoms with van der Waals surface area (Å²) in [6.45, 7) is 3.75. The summed E-state index contributed by atoms with van der Waals surface area (Å²) >= 11 is 0. The molecule has 3 aromatic rings. The van der Waals surface area contributed by atoms with Gasteiger partial charge in [-0.1, -0.05) is 30.4 Å². The Morgan fingerprint density at radius 3 is 2.34 bits per heavy atom. The first kappa shape index (κ1) is 20.5. The SMILES string of the molecule is CC(C)n1c(-c2ccc(F)cc2)c(/C=C/C(O)CC(=O)[O-])c2ccccc2c1=O. The van der Waals surface area contributed by atoms with E-state index in [1.165, 1.54) is 18.2 Å². The summed E-state index contributed by atoms with van der Waals surface area (Å²) in [5.41, 5.74) is 1.66. The lowest BCUT2D eigenvalue weighted by atomic mass is 9.97. The van der Waals surface area contributed by atoms with E-state index < -0.39 is 24.3 Å². The third kappa shape index (κ3) is 4.27. The van der Waals surface area contributed by atoms with E-state index in [2.05, 4.69) is 0 Å². The molecule has 29 heavy (non-hydrogen) atoms. The smallest absolute Gasteiger partial charge is 0.259 e. The third-order valence-corrected chi connectivity index (χ3v) is 4.66. The Morgan fingerprint density at radius 2 is 1.76 bits per heavy atom. The number of nitrogens with zero attached hydrogens (tertiary/aromatic N) is 1. The van der Waals surface area contributed by atoms with Gasteiger partial charge in [-0.25, -0.2) is 4.39 Å². The van der Waals surface area contributed by atoms with Gasteiger partial charge in [0.1, 0.15) is 5.82 Å². The van der Waals surface area contributed by atoms with Crippen molar-refractivity contribution < 1.29 is 19.4 Å². The normalized spacial score (nSPS) is 12.7. The number of carboxylic acid groups (broad SMARTS) is 1. The Kier molecular flexibility index (Phi) is 5.94. The van der Waals surface area contributed by atoms with Crippen molar-refractivity contribution in [1.29, 1.82) is 0 Å². The van der Waals surface area contributed by atoms with Crippen LogP contribution in [0.25, 0.3) is 28.1 Å². The van der Waals surface area contributed by atoms with Gasteiger partial charge in [-0.05, 0) is 55.1 Å². The second kappa shape index (κ2) is 8.41. The summed E-state index contributed by atoms with van der Waals surface area (Å²) in [5.74, 6) is -1.76. The van der Waals surface area contributed by atoms with Crippen molar-refractivity contribution in [3.63, 3.8) is 0 Å². The maximum absolute atomic E-state index is 13.5. The standard InChI is InChI=1S/C23H22FNO4/c1-14(2)25-22(15-7-9-16(24)10-8-15)19(12-11-17(26)13-21(27)28)18-5-3-4-6-20(18)23(25)29/h3-12,14,17,26H,13H2,1-2H3,(H,27,28)/p-1/b12-11+. The van der Waals surface area contributed by atoms with Crippen molar-refractivity contribution in [2.24, 2.45) is 0 Å². The number of hydrogen-bond donors (Lipinski definition) is 1. The predicted octanol–water partition coefficient (Wildman–Crippen LogP) is 2.90. The van der Waals surface area contributed by atoms with Crippen LogP contribution in [0.1, 0.15) is 31.9 Å². The van der Waals surface area contributed by atoms with Gasteiger partial charge in [-0.2, -0.15) is 0 Å². The van der Waals surface area contributed by atoms with Gasteiger partial charge in [0.2, 0.25) is 0 Å². The van der Waals surface area contributed by atoms with Crippen LogP contribution in [0.2, 0.25) is 0 Å². The van der Waals surface area contributed by atoms with Crippen LogP contribution in [0.5, 0.6) is 0 Å². The average molecular weight is 394 g/mol. The van der Waals surface area contributed by atoms with E-state index in [1.807, 2.05) is 13.8 Å². The fourth-order valence-electron chi connectivity index (χ4n) is 3.40. The molecule has 0 fully saturated rings. The molecular weight excluding hydrogens is 373 g/mol. The molecule has 0 saturated heterocycles. The summed E-state index contributed by atoms with van der Waals surface area (Å²) < 4.78 is 15.1. The van der Waals surface area contributed by atoms with Crippen LogP contribution in [0.3, 0.4) is 0 Å². The molecule has 0 aliphatic heterocycles. The lowest BCUT2D eigenvalue weighted by Crippen LogP contribution is -2.26. The van der Waals surface area contributed by atoms with E-state index in [4.69, 9.17) is 0 Å². The van der Waals surface area contributed by atoms with E-state index >= 15 is 0 Å². The zero-order valence-electron chi connectivity index (χ0n) is 16.1. The Balaban J connectivity index is 2.36. The van der Waals surface area contributed by atoms with Crippen LogP contribution < -0.4 is 10.7 Å². The van der Waals surface area contributed by atoms with E-state index in [9.17, 15) is 24.2 Å². The minimum atomic E-state index is -1.36. The molecule has 1 atom stereocenters. The maximum atomic E-state index is 13.5. The molecule has 0 saturated carbocycles. The van der Waals surface area contributed by atoms with Gasteiger partial charge in [-0.3, -0.25) is 4.79 Å². The van der Waals surface area contributed by atoms with E-state index in [1.54, 1.807) is 47.0 Å². The summed E-state index contributed by atoms with van der Waals surface area (Å²) in [4.78, 5) is 24.0. The van der Waals surface area contributed by atoms with Gasteiger partial charge in [0.15, 0.2) is 0 Å². The topological polar surface area (TPSA) is 82.4 Å². The number of pyridine rings is 1. The molecule has 2 aromatic carbocycles. The number of carbonyl (C=O) groups is 1. The number of aliphatic carboxylic acids is 1. The number of hydrogen-bond acceptors (Lipinski definition) is 4. The highest BCUT2D eigenvalue weighted by Crippen LogP contribution is 2.32. The molecule has 1 unspecified atom stereocenters. The molecule has 0 bridgehead atoms. The molecule has 0 aliphatic carbocycles. The van der Waals surface area contributed by atoms with Gasteiger partial charge in [0.25, 0.3) is 5.56 Å². The van der Waals surface area contributed by atoms with E-state index in [0.717, 1.165) is 0 Å². The molecule has 6 heteroatoms. The predicted molar refractivity (Wildman–Crippen MR) is 109 cm³/mol. The molecule has 0 amide bonds. The Bertz CT molecular complexity index is 1130. The number of aliphatic hydroxyl groups is 1. The quantitative estimate of drug-likeness (QED) is 0.697. The highest BCUT2D eigenvalue weighted by Gasteiger charge is 2.18. The van der Waals surface area contributed by atoms with Gasteiger partial charge >= 0.3 is 0 Å². The molecule has 3 rings (SSSR count). The first-order chi connectivity index (χ1) is 13.8. The monoisotopic (exact) mass is 394 g/mol. The molecule has 5 nitrogen and oxygen atoms in total. The van der Waals surface area contributed by atoms with Crippen LogP contribution in [-0.4, -0.2) is 21.7 Å². The second-order valence-electron chi connectivity index (χ2n) is 7.09. The lowest BCUT2D eigenvalue weighted by molar-refractivity contribution is -0.306. The number of halogens is 1. The number of carboxylic acids is 1. The summed E-state index contributed by atoms with van der Waals surface area (Å²) in [7, 11) is 0. The third-order valence-electron chi connectivity index (χ3n) is 4.66. The molecule has 1 heterocycles. The molecular formula is C23H21FNO4-. The van der Waals surface area contributed by atoms with E-state index in [-0.39, 0.29) is 11.6 Å². The van der Waals surface area contributed by atoms with Gasteiger partial charge in [-0.15, -0.1) is 0 Å². The van der Waals surface area contributed by atoms with Gasteiger partial charge < -0.3 is 19.6 Å². The van der Waals surface area contributed by atoms with Crippen molar-refractivity contribution in [2.45, 2.75) is 32.4 Å². The van der Waals surface area contributed by atoms with Crippen molar-refractivity contribution >= 4 is 22.8 Å². The molecule has 0 radical (unpaired) electrons. The number of aromatic nitrogens is 1. The highest BCUT2D eigenvalue weighted by atomic mass is 19.1. The summed E-state index contributed by atoms with van der Waals surface area (Å²) in [6, 6.07) is 12.7. The largest absolute Gasteiger partial charge is 0.550 e. The first-order valence-corrected chi connectivity index (χ1v) is 9.29. The molecule has 0 spiro atoms. The minimum Gasteiger partial charge on any atom is -0.550 e. The number of carbonyl (C=O) groups excluding carboxylic acids is 1. The van der Waals surface area contributed by atoms with Crippen LogP contribution in [0.15, 0.2) is 59.4 Å². The van der Waals surface area contributed by atoms with Crippen molar-refractivity contribution in [3.8, 4) is 11.3 Å². The number of rotatable bonds is 6. The van der Waals surface area contributed by atoms with Gasteiger partial charge in [0, 0.05) is 29.4 Å². The summed E-state index contributed by atoms with van der Waals surface area (Å²) in [5, 5.41) is 21.9. The fourth-order valence-corrected chi connectivity index (χ4v) is 3.40. The fraction of sp³-hybridized carbons (Fsp3) is 0.217. The Hall–Kier alpha value is -3.25.